The first-order chi connectivity index (χ1) is 8.39. The Balaban J connectivity index is 2.66. The lowest BCUT2D eigenvalue weighted by molar-refractivity contribution is 0.568. The molecule has 0 aliphatic carbocycles. The summed E-state index contributed by atoms with van der Waals surface area (Å²) in [6.45, 7) is 1.79. The van der Waals surface area contributed by atoms with Gasteiger partial charge in [-0.2, -0.15) is 0 Å². The maximum absolute atomic E-state index is 13.4. The van der Waals surface area contributed by atoms with E-state index in [-0.39, 0.29) is 0 Å². The predicted octanol–water partition coefficient (Wildman–Crippen LogP) is 1.84. The summed E-state index contributed by atoms with van der Waals surface area (Å²) in [5.74, 6) is -0.859. The molecule has 4 nitrogen and oxygen atoms in total. The molecule has 2 rings (SSSR count). The van der Waals surface area contributed by atoms with Crippen LogP contribution in [-0.4, -0.2) is 13.4 Å². The molecule has 0 fully saturated rings. The number of aromatic nitrogens is 1. The highest BCUT2D eigenvalue weighted by Gasteiger charge is 2.16. The first-order valence-electron chi connectivity index (χ1n) is 5.14. The Kier molecular flexibility index (Phi) is 3.14. The molecular weight excluding hydrogens is 255 g/mol. The van der Waals surface area contributed by atoms with Crippen LogP contribution in [0, 0.1) is 12.7 Å². The molecule has 1 aromatic heterocycles. The van der Waals surface area contributed by atoms with Crippen LogP contribution in [0.4, 0.5) is 4.39 Å². The van der Waals surface area contributed by atoms with Crippen LogP contribution >= 0.6 is 0 Å². The number of sulfonamides is 1. The van der Waals surface area contributed by atoms with Crippen LogP contribution in [0.25, 0.3) is 11.1 Å². The number of hydrogen-bond acceptors (Lipinski definition) is 3. The number of rotatable bonds is 2. The molecule has 0 aliphatic rings. The molecule has 0 saturated carbocycles. The summed E-state index contributed by atoms with van der Waals surface area (Å²) in [6.07, 6.45) is 1.63. The van der Waals surface area contributed by atoms with Gasteiger partial charge in [0.2, 0.25) is 10.0 Å². The normalized spacial score (nSPS) is 11.5. The number of halogens is 1. The highest BCUT2D eigenvalue weighted by Crippen LogP contribution is 2.25. The molecule has 94 valence electrons. The lowest BCUT2D eigenvalue weighted by Gasteiger charge is -2.07. The maximum atomic E-state index is 13.4. The zero-order valence-electron chi connectivity index (χ0n) is 9.59. The number of pyridine rings is 1. The van der Waals surface area contributed by atoms with E-state index in [1.165, 1.54) is 12.1 Å². The molecule has 0 spiro atoms. The van der Waals surface area contributed by atoms with Crippen molar-refractivity contribution in [2.45, 2.75) is 11.8 Å². The molecule has 0 aliphatic heterocycles. The van der Waals surface area contributed by atoms with Crippen LogP contribution in [0.5, 0.6) is 0 Å². The fourth-order valence-electron chi connectivity index (χ4n) is 1.68. The first kappa shape index (κ1) is 12.7. The number of nitrogens with zero attached hydrogens (tertiary/aromatic N) is 1. The summed E-state index contributed by atoms with van der Waals surface area (Å²) >= 11 is 0. The van der Waals surface area contributed by atoms with Crippen molar-refractivity contribution in [3.8, 4) is 11.1 Å². The molecule has 0 bridgehead atoms. The van der Waals surface area contributed by atoms with Crippen molar-refractivity contribution in [2.24, 2.45) is 5.14 Å². The van der Waals surface area contributed by atoms with Crippen molar-refractivity contribution < 1.29 is 12.8 Å². The molecule has 2 N–H and O–H groups in total. The Morgan fingerprint density at radius 2 is 2.00 bits per heavy atom. The predicted molar refractivity (Wildman–Crippen MR) is 65.7 cm³/mol. The van der Waals surface area contributed by atoms with Crippen molar-refractivity contribution in [1.29, 1.82) is 0 Å². The molecule has 0 atom stereocenters. The Morgan fingerprint density at radius 3 is 2.61 bits per heavy atom. The zero-order chi connectivity index (χ0) is 13.3. The highest BCUT2D eigenvalue weighted by molar-refractivity contribution is 7.89. The third kappa shape index (κ3) is 2.39. The number of nitrogens with two attached hydrogens (primary N) is 1. The number of primary sulfonamides is 1. The molecule has 0 radical (unpaired) electrons. The van der Waals surface area contributed by atoms with Crippen LogP contribution in [0.2, 0.25) is 0 Å². The van der Waals surface area contributed by atoms with E-state index in [2.05, 4.69) is 4.98 Å². The average Bonchev–Trinajstić information content (AvgIpc) is 2.29. The van der Waals surface area contributed by atoms with Gasteiger partial charge in [0.1, 0.15) is 10.7 Å². The maximum Gasteiger partial charge on any atom is 0.240 e. The Bertz CT molecular complexity index is 699. The van der Waals surface area contributed by atoms with Gasteiger partial charge in [-0.1, -0.05) is 12.1 Å². The third-order valence-electron chi connectivity index (χ3n) is 2.56. The van der Waals surface area contributed by atoms with Crippen molar-refractivity contribution in [3.05, 3.63) is 48.0 Å². The van der Waals surface area contributed by atoms with E-state index in [4.69, 9.17) is 5.14 Å². The summed E-state index contributed by atoms with van der Waals surface area (Å²) in [5, 5.41) is 4.96. The zero-order valence-corrected chi connectivity index (χ0v) is 10.4. The Labute approximate surface area is 104 Å². The summed E-state index contributed by atoms with van der Waals surface area (Å²) in [4.78, 5) is 3.58. The molecule has 0 unspecified atom stereocenters. The van der Waals surface area contributed by atoms with E-state index in [1.807, 2.05) is 0 Å². The Morgan fingerprint density at radius 1 is 1.28 bits per heavy atom. The standard InChI is InChI=1S/C12H11FN2O2S/c1-8-10(3-2-6-15-8)9-4-5-11(13)12(7-9)18(14,16)17/h2-7H,1H3,(H2,14,16,17). The molecule has 1 aromatic carbocycles. The summed E-state index contributed by atoms with van der Waals surface area (Å²) < 4.78 is 35.9. The van der Waals surface area contributed by atoms with E-state index in [9.17, 15) is 12.8 Å². The van der Waals surface area contributed by atoms with Gasteiger partial charge >= 0.3 is 0 Å². The van der Waals surface area contributed by atoms with E-state index in [1.54, 1.807) is 25.3 Å². The van der Waals surface area contributed by atoms with Crippen molar-refractivity contribution in [2.75, 3.05) is 0 Å². The van der Waals surface area contributed by atoms with Crippen LogP contribution in [0.15, 0.2) is 41.4 Å². The lowest BCUT2D eigenvalue weighted by Crippen LogP contribution is -2.14. The smallest absolute Gasteiger partial charge is 0.240 e. The largest absolute Gasteiger partial charge is 0.261 e. The molecule has 0 saturated heterocycles. The van der Waals surface area contributed by atoms with E-state index in [0.29, 0.717) is 5.56 Å². The summed E-state index contributed by atoms with van der Waals surface area (Å²) in [5.41, 5.74) is 2.03. The minimum Gasteiger partial charge on any atom is -0.261 e. The first-order valence-corrected chi connectivity index (χ1v) is 6.68. The van der Waals surface area contributed by atoms with Gasteiger partial charge in [-0.15, -0.1) is 0 Å². The van der Waals surface area contributed by atoms with Gasteiger partial charge < -0.3 is 0 Å². The number of aryl methyl sites for hydroxylation is 1. The SMILES string of the molecule is Cc1ncccc1-c1ccc(F)c(S(N)(=O)=O)c1. The molecule has 2 aromatic rings. The van der Waals surface area contributed by atoms with Crippen LogP contribution in [0.1, 0.15) is 5.69 Å². The summed E-state index contributed by atoms with van der Waals surface area (Å²) in [6, 6.07) is 7.30. The number of benzene rings is 1. The van der Waals surface area contributed by atoms with Gasteiger partial charge in [0.25, 0.3) is 0 Å². The van der Waals surface area contributed by atoms with Crippen LogP contribution in [-0.2, 0) is 10.0 Å². The van der Waals surface area contributed by atoms with Crippen LogP contribution < -0.4 is 5.14 Å². The molecule has 18 heavy (non-hydrogen) atoms. The van der Waals surface area contributed by atoms with E-state index >= 15 is 0 Å². The third-order valence-corrected chi connectivity index (χ3v) is 3.48. The summed E-state index contributed by atoms with van der Waals surface area (Å²) in [7, 11) is -4.07. The lowest BCUT2D eigenvalue weighted by atomic mass is 10.0. The second kappa shape index (κ2) is 4.47. The highest BCUT2D eigenvalue weighted by atomic mass is 32.2. The average molecular weight is 266 g/mol. The second-order valence-corrected chi connectivity index (χ2v) is 5.36. The molecular formula is C12H11FN2O2S. The van der Waals surface area contributed by atoms with Crippen LogP contribution in [0.3, 0.4) is 0 Å². The van der Waals surface area contributed by atoms with Crippen molar-refractivity contribution in [1.82, 2.24) is 4.98 Å². The Hall–Kier alpha value is -1.79. The monoisotopic (exact) mass is 266 g/mol. The van der Waals surface area contributed by atoms with Crippen molar-refractivity contribution in [3.63, 3.8) is 0 Å². The number of hydrogen-bond donors (Lipinski definition) is 1. The van der Waals surface area contributed by atoms with E-state index < -0.39 is 20.7 Å². The van der Waals surface area contributed by atoms with Crippen molar-refractivity contribution >= 4 is 10.0 Å². The second-order valence-electron chi connectivity index (χ2n) is 3.83. The van der Waals surface area contributed by atoms with E-state index in [0.717, 1.165) is 17.3 Å². The minimum absolute atomic E-state index is 0.511. The topological polar surface area (TPSA) is 73.0 Å². The molecule has 0 amide bonds. The van der Waals surface area contributed by atoms with Gasteiger partial charge in [-0.3, -0.25) is 4.98 Å². The van der Waals surface area contributed by atoms with Gasteiger partial charge in [0.05, 0.1) is 0 Å². The fourth-order valence-corrected chi connectivity index (χ4v) is 2.31. The van der Waals surface area contributed by atoms with Gasteiger partial charge in [-0.25, -0.2) is 17.9 Å². The van der Waals surface area contributed by atoms with Gasteiger partial charge in [0, 0.05) is 17.5 Å². The van der Waals surface area contributed by atoms with Gasteiger partial charge in [0.15, 0.2) is 0 Å². The molecule has 6 heteroatoms. The fraction of sp³-hybridized carbons (Fsp3) is 0.0833. The quantitative estimate of drug-likeness (QED) is 0.901. The minimum atomic E-state index is -4.07. The molecule has 1 heterocycles. The van der Waals surface area contributed by atoms with Gasteiger partial charge in [-0.05, 0) is 30.7 Å².